The van der Waals surface area contributed by atoms with Gasteiger partial charge in [0.05, 0.1) is 40.4 Å². The van der Waals surface area contributed by atoms with Gasteiger partial charge in [-0.15, -0.1) is 0 Å². The molecular formula is C27H28ClN5O4S. The first-order valence-electron chi connectivity index (χ1n) is 12.2. The number of hydrogen-bond donors (Lipinski definition) is 1. The van der Waals surface area contributed by atoms with Gasteiger partial charge in [-0.3, -0.25) is 4.72 Å². The summed E-state index contributed by atoms with van der Waals surface area (Å²) in [5, 5.41) is 10.5. The van der Waals surface area contributed by atoms with E-state index in [1.807, 2.05) is 36.4 Å². The molecule has 198 valence electrons. The van der Waals surface area contributed by atoms with Gasteiger partial charge in [-0.2, -0.15) is 5.26 Å². The number of hydrogen-bond acceptors (Lipinski definition) is 8. The molecule has 4 heterocycles. The molecule has 38 heavy (non-hydrogen) atoms. The van der Waals surface area contributed by atoms with Crippen LogP contribution in [0.2, 0.25) is 5.02 Å². The Kier molecular flexibility index (Phi) is 6.94. The second-order valence-corrected chi connectivity index (χ2v) is 12.3. The van der Waals surface area contributed by atoms with E-state index in [1.165, 1.54) is 6.20 Å². The van der Waals surface area contributed by atoms with Crippen LogP contribution >= 0.6 is 11.6 Å². The quantitative estimate of drug-likeness (QED) is 0.440. The van der Waals surface area contributed by atoms with Gasteiger partial charge >= 0.3 is 0 Å². The number of rotatable bonds is 8. The van der Waals surface area contributed by atoms with Gasteiger partial charge in [0.1, 0.15) is 18.4 Å². The molecule has 2 aromatic carbocycles. The molecule has 6 rings (SSSR count). The number of ether oxygens (including phenoxy) is 2. The van der Waals surface area contributed by atoms with E-state index in [-0.39, 0.29) is 24.8 Å². The zero-order valence-electron chi connectivity index (χ0n) is 21.3. The van der Waals surface area contributed by atoms with E-state index in [0.717, 1.165) is 42.6 Å². The Hall–Kier alpha value is -3.39. The van der Waals surface area contributed by atoms with Crippen LogP contribution in [0.5, 0.6) is 5.75 Å². The van der Waals surface area contributed by atoms with Crippen LogP contribution < -0.4 is 14.4 Å². The summed E-state index contributed by atoms with van der Waals surface area (Å²) in [4.78, 5) is 10.2. The minimum absolute atomic E-state index is 0.00228. The molecule has 3 aromatic rings. The lowest BCUT2D eigenvalue weighted by Gasteiger charge is -2.48. The SMILES string of the molecule is CC(C)(c1ccc(OCc2ccnc(NS(C)(=O)=O)n2)cc1)c1cc(Cl)c(N2CC3CC(C2)O3)c(C#N)c1. The molecular weight excluding hydrogens is 526 g/mol. The summed E-state index contributed by atoms with van der Waals surface area (Å²) in [6.45, 7) is 5.84. The first kappa shape index (κ1) is 26.2. The molecule has 3 fully saturated rings. The van der Waals surface area contributed by atoms with Crippen molar-refractivity contribution in [3.63, 3.8) is 0 Å². The molecule has 2 unspecified atom stereocenters. The van der Waals surface area contributed by atoms with Crippen molar-refractivity contribution < 1.29 is 17.9 Å². The number of benzene rings is 2. The first-order chi connectivity index (χ1) is 18.0. The van der Waals surface area contributed by atoms with Crippen molar-refractivity contribution in [3.05, 3.63) is 76.1 Å². The fourth-order valence-electron chi connectivity index (χ4n) is 4.89. The summed E-state index contributed by atoms with van der Waals surface area (Å²) in [7, 11) is -3.47. The molecule has 0 amide bonds. The lowest BCUT2D eigenvalue weighted by atomic mass is 9.77. The minimum Gasteiger partial charge on any atom is -0.487 e. The molecule has 1 aromatic heterocycles. The largest absolute Gasteiger partial charge is 0.487 e. The highest BCUT2D eigenvalue weighted by Gasteiger charge is 2.39. The smallest absolute Gasteiger partial charge is 0.236 e. The third kappa shape index (κ3) is 5.55. The minimum atomic E-state index is -3.47. The molecule has 11 heteroatoms. The van der Waals surface area contributed by atoms with Gasteiger partial charge in [0, 0.05) is 31.1 Å². The van der Waals surface area contributed by atoms with E-state index < -0.39 is 15.4 Å². The Morgan fingerprint density at radius 3 is 2.50 bits per heavy atom. The highest BCUT2D eigenvalue weighted by atomic mass is 35.5. The Morgan fingerprint density at radius 1 is 1.18 bits per heavy atom. The number of nitriles is 1. The molecule has 9 nitrogen and oxygen atoms in total. The zero-order chi connectivity index (χ0) is 27.1. The van der Waals surface area contributed by atoms with Gasteiger partial charge in [0.2, 0.25) is 16.0 Å². The van der Waals surface area contributed by atoms with E-state index in [1.54, 1.807) is 6.07 Å². The summed E-state index contributed by atoms with van der Waals surface area (Å²) in [5.74, 6) is 0.635. The van der Waals surface area contributed by atoms with Crippen LogP contribution in [0.4, 0.5) is 11.6 Å². The number of morpholine rings is 1. The van der Waals surface area contributed by atoms with Gasteiger partial charge in [-0.1, -0.05) is 37.6 Å². The number of sulfonamides is 1. The van der Waals surface area contributed by atoms with E-state index in [4.69, 9.17) is 21.1 Å². The van der Waals surface area contributed by atoms with Crippen LogP contribution in [0.1, 0.15) is 42.7 Å². The summed E-state index contributed by atoms with van der Waals surface area (Å²) in [5.41, 5.74) is 3.45. The molecule has 0 aliphatic carbocycles. The number of anilines is 2. The predicted octanol–water partition coefficient (Wildman–Crippen LogP) is 4.26. The van der Waals surface area contributed by atoms with E-state index in [2.05, 4.69) is 39.5 Å². The van der Waals surface area contributed by atoms with Gasteiger partial charge in [-0.05, 0) is 41.5 Å². The average molecular weight is 554 g/mol. The third-order valence-corrected chi connectivity index (χ3v) is 7.77. The first-order valence-corrected chi connectivity index (χ1v) is 14.5. The standard InChI is InChI=1S/C27H28ClN5O4S/c1-27(2,19-10-17(13-29)25(24(28)11-19)33-14-22-12-23(15-33)37-22)18-4-6-21(7-5-18)36-16-20-8-9-30-26(31-20)32-38(3,34)35/h4-11,22-23H,12,14-16H2,1-3H3,(H,30,31,32). The number of halogens is 1. The topological polar surface area (TPSA) is 117 Å². The average Bonchev–Trinajstić information content (AvgIpc) is 2.86. The zero-order valence-corrected chi connectivity index (χ0v) is 22.9. The molecule has 1 N–H and O–H groups in total. The van der Waals surface area contributed by atoms with Crippen LogP contribution in [0.3, 0.4) is 0 Å². The Labute approximate surface area is 227 Å². The molecule has 3 aliphatic rings. The van der Waals surface area contributed by atoms with Crippen LogP contribution in [0.15, 0.2) is 48.7 Å². The Balaban J connectivity index is 1.30. The van der Waals surface area contributed by atoms with Crippen molar-refractivity contribution in [2.24, 2.45) is 0 Å². The normalized spacial score (nSPS) is 18.9. The van der Waals surface area contributed by atoms with E-state index in [0.29, 0.717) is 22.0 Å². The van der Waals surface area contributed by atoms with Gasteiger partial charge in [0.15, 0.2) is 0 Å². The molecule has 3 saturated heterocycles. The van der Waals surface area contributed by atoms with Gasteiger partial charge in [0.25, 0.3) is 0 Å². The van der Waals surface area contributed by atoms with Crippen LogP contribution in [0, 0.1) is 11.3 Å². The molecule has 2 atom stereocenters. The van der Waals surface area contributed by atoms with E-state index >= 15 is 0 Å². The Morgan fingerprint density at radius 2 is 1.87 bits per heavy atom. The third-order valence-electron chi connectivity index (χ3n) is 6.93. The molecule has 2 bridgehead atoms. The van der Waals surface area contributed by atoms with Gasteiger partial charge < -0.3 is 14.4 Å². The Bertz CT molecular complexity index is 1490. The fraction of sp³-hybridized carbons (Fsp3) is 0.370. The highest BCUT2D eigenvalue weighted by molar-refractivity contribution is 7.91. The number of piperidine rings is 1. The highest BCUT2D eigenvalue weighted by Crippen LogP contribution is 2.41. The number of nitrogens with zero attached hydrogens (tertiary/aromatic N) is 4. The fourth-order valence-corrected chi connectivity index (χ4v) is 5.66. The molecule has 3 aliphatic heterocycles. The van der Waals surface area contributed by atoms with Crippen LogP contribution in [0.25, 0.3) is 0 Å². The van der Waals surface area contributed by atoms with Crippen molar-refractivity contribution in [2.45, 2.75) is 44.5 Å². The lowest BCUT2D eigenvalue weighted by molar-refractivity contribution is -0.133. The van der Waals surface area contributed by atoms with Gasteiger partial charge in [-0.25, -0.2) is 18.4 Å². The maximum Gasteiger partial charge on any atom is 0.236 e. The van der Waals surface area contributed by atoms with Crippen molar-refractivity contribution in [1.29, 1.82) is 5.26 Å². The summed E-state index contributed by atoms with van der Waals surface area (Å²) < 4.78 is 36.7. The van der Waals surface area contributed by atoms with Crippen LogP contribution in [-0.4, -0.2) is 49.9 Å². The predicted molar refractivity (Wildman–Crippen MR) is 145 cm³/mol. The second kappa shape index (κ2) is 10.1. The second-order valence-electron chi connectivity index (χ2n) is 10.2. The van der Waals surface area contributed by atoms with E-state index in [9.17, 15) is 13.7 Å². The van der Waals surface area contributed by atoms with Crippen molar-refractivity contribution in [1.82, 2.24) is 9.97 Å². The van der Waals surface area contributed by atoms with Crippen molar-refractivity contribution in [3.8, 4) is 11.8 Å². The molecule has 0 spiro atoms. The van der Waals surface area contributed by atoms with Crippen molar-refractivity contribution >= 4 is 33.3 Å². The lowest BCUT2D eigenvalue weighted by Crippen LogP contribution is -2.57. The number of nitrogens with one attached hydrogen (secondary N) is 1. The summed E-state index contributed by atoms with van der Waals surface area (Å²) in [6.07, 6.45) is 4.01. The van der Waals surface area contributed by atoms with Crippen LogP contribution in [-0.2, 0) is 26.8 Å². The number of aromatic nitrogens is 2. The summed E-state index contributed by atoms with van der Waals surface area (Å²) in [6, 6.07) is 15.6. The van der Waals surface area contributed by atoms with Crippen molar-refractivity contribution in [2.75, 3.05) is 29.0 Å². The summed E-state index contributed by atoms with van der Waals surface area (Å²) >= 11 is 6.77. The molecule has 0 radical (unpaired) electrons. The maximum absolute atomic E-state index is 11.4. The monoisotopic (exact) mass is 553 g/mol. The molecule has 0 saturated carbocycles. The number of fused-ring (bicyclic) bond motifs is 2. The maximum atomic E-state index is 11.4.